The third-order valence-electron chi connectivity index (χ3n) is 7.89. The Morgan fingerprint density at radius 1 is 0.586 bits per heavy atom. The summed E-state index contributed by atoms with van der Waals surface area (Å²) < 4.78 is 53.2. The standard InChI is InChI=1S/C25H24O7.C17H17NO7S/c1-25(2,3)24(29)32-21-6-4-5-16-7-12-19(15-20(16)21)31-14-13-30-18-10-8-17(9-11-18)22(26)23(27)28;1-18-26(22,23)15-8-6-14(7-9-15)25-11-10-24-13-4-2-12(3-5-13)16(19)17(20)21/h4-12,15H,13-14H2,1-3H3,(H,27,28);2-9,18H,10-11H2,1H3,(H,20,21). The third-order valence-corrected chi connectivity index (χ3v) is 9.32. The van der Waals surface area contributed by atoms with E-state index in [0.717, 1.165) is 10.8 Å². The molecule has 0 aromatic heterocycles. The van der Waals surface area contributed by atoms with E-state index >= 15 is 0 Å². The summed E-state index contributed by atoms with van der Waals surface area (Å²) in [4.78, 5) is 56.4. The number of nitrogens with one attached hydrogen (secondary N) is 1. The number of aliphatic carboxylic acids is 2. The number of carboxylic acids is 2. The highest BCUT2D eigenvalue weighted by Crippen LogP contribution is 2.31. The lowest BCUT2D eigenvalue weighted by molar-refractivity contribution is -0.143. The molecule has 0 saturated carbocycles. The molecule has 5 rings (SSSR count). The summed E-state index contributed by atoms with van der Waals surface area (Å²) in [6.07, 6.45) is 0. The SMILES string of the molecule is CC(C)(C)C(=O)Oc1cccc2ccc(OCCOc3ccc(C(=O)C(=O)O)cc3)cc12.CNS(=O)(=O)c1ccc(OCCOc2ccc(C(=O)C(=O)O)cc2)cc1. The van der Waals surface area contributed by atoms with E-state index in [1.54, 1.807) is 26.8 Å². The number of carbonyl (C=O) groups is 5. The molecular formula is C42H41NO14S. The molecule has 0 saturated heterocycles. The Labute approximate surface area is 334 Å². The lowest BCUT2D eigenvalue weighted by Gasteiger charge is -2.17. The van der Waals surface area contributed by atoms with Gasteiger partial charge in [-0.25, -0.2) is 22.7 Å². The van der Waals surface area contributed by atoms with Crippen molar-refractivity contribution in [1.29, 1.82) is 0 Å². The molecule has 0 radical (unpaired) electrons. The summed E-state index contributed by atoms with van der Waals surface area (Å²) in [5.41, 5.74) is -0.467. The van der Waals surface area contributed by atoms with E-state index in [1.165, 1.54) is 79.8 Å². The molecular weight excluding hydrogens is 775 g/mol. The van der Waals surface area contributed by atoms with Crippen LogP contribution >= 0.6 is 0 Å². The fourth-order valence-corrected chi connectivity index (χ4v) is 5.51. The third kappa shape index (κ3) is 12.6. The number of Topliss-reactive ketones (excluding diaryl/α,β-unsaturated/α-hetero) is 2. The number of benzene rings is 5. The zero-order valence-corrected chi connectivity index (χ0v) is 32.7. The largest absolute Gasteiger partial charge is 0.490 e. The first-order valence-electron chi connectivity index (χ1n) is 17.5. The van der Waals surface area contributed by atoms with Crippen LogP contribution in [0.15, 0.2) is 114 Å². The van der Waals surface area contributed by atoms with Gasteiger partial charge in [0.05, 0.1) is 10.3 Å². The van der Waals surface area contributed by atoms with Crippen molar-refractivity contribution in [2.24, 2.45) is 5.41 Å². The number of fused-ring (bicyclic) bond motifs is 1. The van der Waals surface area contributed by atoms with Crippen LogP contribution in [0.2, 0.25) is 0 Å². The van der Waals surface area contributed by atoms with Crippen molar-refractivity contribution in [3.05, 3.63) is 120 Å². The summed E-state index contributed by atoms with van der Waals surface area (Å²) in [6, 6.07) is 28.5. The lowest BCUT2D eigenvalue weighted by Crippen LogP contribution is -2.25. The van der Waals surface area contributed by atoms with Crippen LogP contribution in [0.1, 0.15) is 41.5 Å². The molecule has 0 fully saturated rings. The summed E-state index contributed by atoms with van der Waals surface area (Å²) in [7, 11) is -2.15. The Hall–Kier alpha value is -6.78. The Morgan fingerprint density at radius 3 is 1.41 bits per heavy atom. The Kier molecular flexibility index (Phi) is 15.1. The molecule has 5 aromatic rings. The van der Waals surface area contributed by atoms with Gasteiger partial charge in [0.1, 0.15) is 55.2 Å². The molecule has 0 unspecified atom stereocenters. The summed E-state index contributed by atoms with van der Waals surface area (Å²) in [5.74, 6) is -2.77. The number of hydrogen-bond acceptors (Lipinski definition) is 12. The smallest absolute Gasteiger partial charge is 0.377 e. The minimum absolute atomic E-state index is 0.0673. The molecule has 0 amide bonds. The number of ether oxygens (including phenoxy) is 5. The van der Waals surface area contributed by atoms with Crippen LogP contribution in [-0.2, 0) is 24.4 Å². The molecule has 304 valence electrons. The van der Waals surface area contributed by atoms with Gasteiger partial charge in [0.25, 0.3) is 11.6 Å². The number of hydrogen-bond donors (Lipinski definition) is 3. The van der Waals surface area contributed by atoms with Crippen molar-refractivity contribution >= 4 is 50.3 Å². The van der Waals surface area contributed by atoms with Gasteiger partial charge >= 0.3 is 17.9 Å². The van der Waals surface area contributed by atoms with Gasteiger partial charge in [0, 0.05) is 16.5 Å². The molecule has 15 nitrogen and oxygen atoms in total. The second kappa shape index (κ2) is 19.9. The fraction of sp³-hybridized carbons (Fsp3) is 0.214. The van der Waals surface area contributed by atoms with Crippen LogP contribution < -0.4 is 28.4 Å². The Balaban J connectivity index is 0.000000262. The summed E-state index contributed by atoms with van der Waals surface area (Å²) >= 11 is 0. The maximum absolute atomic E-state index is 12.3. The topological polar surface area (TPSA) is 218 Å². The van der Waals surface area contributed by atoms with E-state index in [0.29, 0.717) is 28.7 Å². The number of esters is 1. The van der Waals surface area contributed by atoms with Crippen molar-refractivity contribution < 1.29 is 66.3 Å². The Bertz CT molecular complexity index is 2350. The van der Waals surface area contributed by atoms with E-state index < -0.39 is 38.9 Å². The first-order chi connectivity index (χ1) is 27.5. The minimum Gasteiger partial charge on any atom is -0.490 e. The van der Waals surface area contributed by atoms with E-state index in [-0.39, 0.29) is 48.4 Å². The predicted octanol–water partition coefficient (Wildman–Crippen LogP) is 5.84. The maximum atomic E-state index is 12.3. The summed E-state index contributed by atoms with van der Waals surface area (Å²) in [5, 5.41) is 19.0. The van der Waals surface area contributed by atoms with Crippen LogP contribution in [0.25, 0.3) is 10.8 Å². The number of rotatable bonds is 17. The van der Waals surface area contributed by atoms with Crippen molar-refractivity contribution in [3.8, 4) is 28.7 Å². The van der Waals surface area contributed by atoms with Gasteiger partial charge in [-0.2, -0.15) is 0 Å². The highest BCUT2D eigenvalue weighted by atomic mass is 32.2. The average Bonchev–Trinajstić information content (AvgIpc) is 3.21. The minimum atomic E-state index is -3.48. The maximum Gasteiger partial charge on any atom is 0.377 e. The van der Waals surface area contributed by atoms with Crippen LogP contribution in [0.5, 0.6) is 28.7 Å². The molecule has 0 aliphatic heterocycles. The van der Waals surface area contributed by atoms with Gasteiger partial charge in [-0.05, 0) is 124 Å². The fourth-order valence-electron chi connectivity index (χ4n) is 4.78. The van der Waals surface area contributed by atoms with Gasteiger partial charge in [0.2, 0.25) is 10.0 Å². The summed E-state index contributed by atoms with van der Waals surface area (Å²) in [6.45, 7) is 6.32. The van der Waals surface area contributed by atoms with E-state index in [2.05, 4.69) is 4.72 Å². The van der Waals surface area contributed by atoms with Gasteiger partial charge in [0.15, 0.2) is 0 Å². The molecule has 3 N–H and O–H groups in total. The van der Waals surface area contributed by atoms with E-state index in [4.69, 9.17) is 33.9 Å². The van der Waals surface area contributed by atoms with Gasteiger partial charge in [-0.3, -0.25) is 14.4 Å². The lowest BCUT2D eigenvalue weighted by atomic mass is 9.97. The number of carboxylic acid groups (broad SMARTS) is 2. The second-order valence-corrected chi connectivity index (χ2v) is 15.1. The molecule has 0 aliphatic rings. The van der Waals surface area contributed by atoms with Crippen molar-refractivity contribution in [2.75, 3.05) is 33.5 Å². The predicted molar refractivity (Wildman–Crippen MR) is 211 cm³/mol. The highest BCUT2D eigenvalue weighted by Gasteiger charge is 2.24. The second-order valence-electron chi connectivity index (χ2n) is 13.2. The van der Waals surface area contributed by atoms with Crippen LogP contribution in [0, 0.1) is 5.41 Å². The highest BCUT2D eigenvalue weighted by molar-refractivity contribution is 7.89. The van der Waals surface area contributed by atoms with Gasteiger partial charge in [-0.15, -0.1) is 0 Å². The van der Waals surface area contributed by atoms with E-state index in [9.17, 15) is 32.4 Å². The number of ketones is 2. The van der Waals surface area contributed by atoms with E-state index in [1.807, 2.05) is 30.3 Å². The molecule has 0 spiro atoms. The number of sulfonamides is 1. The normalized spacial score (nSPS) is 11.0. The van der Waals surface area contributed by atoms with Crippen molar-refractivity contribution in [1.82, 2.24) is 4.72 Å². The van der Waals surface area contributed by atoms with Crippen LogP contribution in [0.4, 0.5) is 0 Å². The zero-order chi connectivity index (χ0) is 42.5. The molecule has 0 bridgehead atoms. The van der Waals surface area contributed by atoms with Gasteiger partial charge < -0.3 is 33.9 Å². The van der Waals surface area contributed by atoms with Crippen molar-refractivity contribution in [3.63, 3.8) is 0 Å². The quantitative estimate of drug-likeness (QED) is 0.0331. The molecule has 16 heteroatoms. The number of carbonyl (C=O) groups excluding carboxylic acids is 3. The Morgan fingerprint density at radius 2 is 1.00 bits per heavy atom. The molecule has 58 heavy (non-hydrogen) atoms. The zero-order valence-electron chi connectivity index (χ0n) is 31.9. The molecule has 0 atom stereocenters. The first kappa shape index (κ1) is 43.9. The molecule has 5 aromatic carbocycles. The van der Waals surface area contributed by atoms with Gasteiger partial charge in [-0.1, -0.05) is 18.2 Å². The average molecular weight is 816 g/mol. The van der Waals surface area contributed by atoms with Crippen LogP contribution in [-0.4, -0.2) is 81.6 Å². The molecule has 0 heterocycles. The first-order valence-corrected chi connectivity index (χ1v) is 19.0. The monoisotopic (exact) mass is 815 g/mol. The van der Waals surface area contributed by atoms with Crippen molar-refractivity contribution in [2.45, 2.75) is 25.7 Å². The molecule has 0 aliphatic carbocycles. The van der Waals surface area contributed by atoms with Crippen LogP contribution in [0.3, 0.4) is 0 Å².